The molecule has 0 fully saturated rings. The van der Waals surface area contributed by atoms with Crippen molar-refractivity contribution in [2.24, 2.45) is 0 Å². The molecule has 2 aromatic heterocycles. The minimum atomic E-state index is 0.00721. The maximum absolute atomic E-state index is 12.6. The lowest BCUT2D eigenvalue weighted by atomic mass is 10.2. The molecule has 0 saturated heterocycles. The van der Waals surface area contributed by atoms with Crippen LogP contribution in [-0.4, -0.2) is 57.8 Å². The van der Waals surface area contributed by atoms with Crippen LogP contribution in [0.1, 0.15) is 44.6 Å². The lowest BCUT2D eigenvalue weighted by molar-refractivity contribution is 0.0755. The zero-order valence-corrected chi connectivity index (χ0v) is 15.4. The van der Waals surface area contributed by atoms with Crippen molar-refractivity contribution in [3.63, 3.8) is 0 Å². The van der Waals surface area contributed by atoms with E-state index in [0.29, 0.717) is 43.2 Å². The third kappa shape index (κ3) is 3.71. The zero-order chi connectivity index (χ0) is 17.8. The molecular formula is C18H22N4O2S. The van der Waals surface area contributed by atoms with Crippen molar-refractivity contribution in [3.8, 4) is 0 Å². The number of hydrogen-bond acceptors (Lipinski definition) is 5. The number of thiazole rings is 1. The summed E-state index contributed by atoms with van der Waals surface area (Å²) in [5, 5.41) is 0.572. The summed E-state index contributed by atoms with van der Waals surface area (Å²) in [6.45, 7) is 6.60. The standard InChI is InChI=1S/C18H22N4O2S/c1-3-21(4-2)18(24)16-20-14-7-11-22(12-8-15(14)25-16)17(23)13-5-9-19-10-6-13/h5-6,9-10H,3-4,7-8,11-12H2,1-2H3. The van der Waals surface area contributed by atoms with E-state index in [2.05, 4.69) is 9.97 Å². The lowest BCUT2D eigenvalue weighted by Crippen LogP contribution is -2.33. The summed E-state index contributed by atoms with van der Waals surface area (Å²) in [7, 11) is 0. The van der Waals surface area contributed by atoms with Crippen LogP contribution in [0.25, 0.3) is 0 Å². The molecule has 0 unspecified atom stereocenters. The molecule has 2 aromatic rings. The number of amides is 2. The van der Waals surface area contributed by atoms with E-state index in [1.54, 1.807) is 29.4 Å². The van der Waals surface area contributed by atoms with Gasteiger partial charge in [-0.1, -0.05) is 0 Å². The summed E-state index contributed by atoms with van der Waals surface area (Å²) in [6.07, 6.45) is 4.70. The first-order chi connectivity index (χ1) is 12.1. The maximum Gasteiger partial charge on any atom is 0.282 e. The highest BCUT2D eigenvalue weighted by Gasteiger charge is 2.25. The highest BCUT2D eigenvalue weighted by molar-refractivity contribution is 7.13. The van der Waals surface area contributed by atoms with Crippen LogP contribution in [0.4, 0.5) is 0 Å². The maximum atomic E-state index is 12.6. The Morgan fingerprint density at radius 3 is 2.52 bits per heavy atom. The molecule has 0 saturated carbocycles. The molecule has 0 spiro atoms. The monoisotopic (exact) mass is 358 g/mol. The van der Waals surface area contributed by atoms with Gasteiger partial charge in [-0.15, -0.1) is 11.3 Å². The van der Waals surface area contributed by atoms with E-state index in [4.69, 9.17) is 0 Å². The Morgan fingerprint density at radius 1 is 1.16 bits per heavy atom. The molecule has 1 aliphatic heterocycles. The second-order valence-electron chi connectivity index (χ2n) is 5.89. The minimum Gasteiger partial charge on any atom is -0.338 e. The molecule has 2 amide bonds. The number of nitrogens with zero attached hydrogens (tertiary/aromatic N) is 4. The van der Waals surface area contributed by atoms with Crippen molar-refractivity contribution in [3.05, 3.63) is 45.7 Å². The van der Waals surface area contributed by atoms with Crippen molar-refractivity contribution in [2.45, 2.75) is 26.7 Å². The third-order valence-corrected chi connectivity index (χ3v) is 5.60. The van der Waals surface area contributed by atoms with E-state index >= 15 is 0 Å². The molecule has 1 aliphatic rings. The molecule has 7 heteroatoms. The number of pyridine rings is 1. The van der Waals surface area contributed by atoms with Crippen molar-refractivity contribution in [1.29, 1.82) is 0 Å². The third-order valence-electron chi connectivity index (χ3n) is 4.45. The first-order valence-corrected chi connectivity index (χ1v) is 9.42. The Kier molecular flexibility index (Phi) is 5.43. The Morgan fingerprint density at radius 2 is 1.84 bits per heavy atom. The van der Waals surface area contributed by atoms with Gasteiger partial charge in [0.15, 0.2) is 5.01 Å². The Bertz CT molecular complexity index is 730. The van der Waals surface area contributed by atoms with Gasteiger partial charge in [0.1, 0.15) is 0 Å². The van der Waals surface area contributed by atoms with Gasteiger partial charge in [-0.25, -0.2) is 4.98 Å². The Labute approximate surface area is 151 Å². The van der Waals surface area contributed by atoms with Gasteiger partial charge in [0, 0.05) is 61.9 Å². The second-order valence-corrected chi connectivity index (χ2v) is 6.98. The molecule has 0 atom stereocenters. The van der Waals surface area contributed by atoms with Gasteiger partial charge in [-0.2, -0.15) is 0 Å². The van der Waals surface area contributed by atoms with Crippen LogP contribution in [0.2, 0.25) is 0 Å². The molecule has 6 nitrogen and oxygen atoms in total. The van der Waals surface area contributed by atoms with Gasteiger partial charge in [-0.3, -0.25) is 14.6 Å². The molecule has 132 valence electrons. The Balaban J connectivity index is 1.71. The highest BCUT2D eigenvalue weighted by Crippen LogP contribution is 2.24. The largest absolute Gasteiger partial charge is 0.338 e. The predicted molar refractivity (Wildman–Crippen MR) is 96.9 cm³/mol. The van der Waals surface area contributed by atoms with E-state index in [9.17, 15) is 9.59 Å². The summed E-state index contributed by atoms with van der Waals surface area (Å²) in [5.74, 6) is 0.0322. The molecule has 0 aromatic carbocycles. The fourth-order valence-electron chi connectivity index (χ4n) is 2.98. The fraction of sp³-hybridized carbons (Fsp3) is 0.444. The van der Waals surface area contributed by atoms with Crippen LogP contribution in [0.3, 0.4) is 0 Å². The van der Waals surface area contributed by atoms with Crippen molar-refractivity contribution < 1.29 is 9.59 Å². The van der Waals surface area contributed by atoms with Gasteiger partial charge in [0.25, 0.3) is 11.8 Å². The number of fused-ring (bicyclic) bond motifs is 1. The molecule has 0 aliphatic carbocycles. The van der Waals surface area contributed by atoms with Crippen molar-refractivity contribution in [2.75, 3.05) is 26.2 Å². The van der Waals surface area contributed by atoms with Crippen molar-refractivity contribution in [1.82, 2.24) is 19.8 Å². The molecule has 0 bridgehead atoms. The van der Waals surface area contributed by atoms with Crippen LogP contribution in [-0.2, 0) is 12.8 Å². The van der Waals surface area contributed by atoms with E-state index in [0.717, 1.165) is 17.0 Å². The van der Waals surface area contributed by atoms with E-state index < -0.39 is 0 Å². The smallest absolute Gasteiger partial charge is 0.282 e. The molecule has 25 heavy (non-hydrogen) atoms. The first kappa shape index (κ1) is 17.5. The van der Waals surface area contributed by atoms with Gasteiger partial charge < -0.3 is 9.80 Å². The molecule has 0 radical (unpaired) electrons. The lowest BCUT2D eigenvalue weighted by Gasteiger charge is -2.20. The van der Waals surface area contributed by atoms with Crippen LogP contribution in [0, 0.1) is 0 Å². The van der Waals surface area contributed by atoms with Gasteiger partial charge in [0.2, 0.25) is 0 Å². The number of rotatable bonds is 4. The zero-order valence-electron chi connectivity index (χ0n) is 14.6. The van der Waals surface area contributed by atoms with Gasteiger partial charge in [-0.05, 0) is 26.0 Å². The second kappa shape index (κ2) is 7.74. The van der Waals surface area contributed by atoms with Crippen LogP contribution in [0.15, 0.2) is 24.5 Å². The summed E-state index contributed by atoms with van der Waals surface area (Å²) in [4.78, 5) is 38.4. The predicted octanol–water partition coefficient (Wildman–Crippen LogP) is 2.26. The molecule has 3 rings (SSSR count). The first-order valence-electron chi connectivity index (χ1n) is 8.61. The van der Waals surface area contributed by atoms with Crippen molar-refractivity contribution >= 4 is 23.2 Å². The average molecular weight is 358 g/mol. The topological polar surface area (TPSA) is 66.4 Å². The molecule has 3 heterocycles. The fourth-order valence-corrected chi connectivity index (χ4v) is 4.05. The van der Waals surface area contributed by atoms with E-state index in [-0.39, 0.29) is 11.8 Å². The van der Waals surface area contributed by atoms with Crippen LogP contribution >= 0.6 is 11.3 Å². The average Bonchev–Trinajstić information content (AvgIpc) is 2.96. The summed E-state index contributed by atoms with van der Waals surface area (Å²) in [5.41, 5.74) is 1.62. The summed E-state index contributed by atoms with van der Waals surface area (Å²) in [6, 6.07) is 3.48. The summed E-state index contributed by atoms with van der Waals surface area (Å²) < 4.78 is 0. The minimum absolute atomic E-state index is 0.00721. The van der Waals surface area contributed by atoms with E-state index in [1.807, 2.05) is 18.7 Å². The van der Waals surface area contributed by atoms with Gasteiger partial charge in [0.05, 0.1) is 5.69 Å². The molecular weight excluding hydrogens is 336 g/mol. The van der Waals surface area contributed by atoms with Crippen LogP contribution < -0.4 is 0 Å². The van der Waals surface area contributed by atoms with Gasteiger partial charge >= 0.3 is 0 Å². The molecule has 0 N–H and O–H groups in total. The normalized spacial score (nSPS) is 13.9. The number of aromatic nitrogens is 2. The highest BCUT2D eigenvalue weighted by atomic mass is 32.1. The SMILES string of the molecule is CCN(CC)C(=O)c1nc2c(s1)CCN(C(=O)c1ccncc1)CC2. The van der Waals surface area contributed by atoms with Crippen LogP contribution in [0.5, 0.6) is 0 Å². The number of hydrogen-bond donors (Lipinski definition) is 0. The summed E-state index contributed by atoms with van der Waals surface area (Å²) >= 11 is 1.48. The number of carbonyl (C=O) groups is 2. The Hall–Kier alpha value is -2.28. The van der Waals surface area contributed by atoms with E-state index in [1.165, 1.54) is 11.3 Å². The quantitative estimate of drug-likeness (QED) is 0.841. The number of carbonyl (C=O) groups excluding carboxylic acids is 2.